The molecule has 0 radical (unpaired) electrons. The number of para-hydroxylation sites is 1. The number of benzene rings is 2. The Morgan fingerprint density at radius 3 is 2.24 bits per heavy atom. The molecule has 2 heterocycles. The lowest BCUT2D eigenvalue weighted by Gasteiger charge is -2.06. The average molecular weight is 415 g/mol. The maximum absolute atomic E-state index is 12.8. The molecule has 0 saturated carbocycles. The minimum atomic E-state index is -4.62. The first-order valence-electron chi connectivity index (χ1n) is 8.35. The van der Waals surface area contributed by atoms with Crippen molar-refractivity contribution in [2.75, 3.05) is 5.32 Å². The van der Waals surface area contributed by atoms with E-state index in [1.807, 2.05) is 36.4 Å². The fraction of sp³-hybridized carbons (Fsp3) is 0.0526. The van der Waals surface area contributed by atoms with Crippen molar-refractivity contribution in [3.05, 3.63) is 77.4 Å². The van der Waals surface area contributed by atoms with Gasteiger partial charge in [0.05, 0.1) is 11.4 Å². The van der Waals surface area contributed by atoms with Gasteiger partial charge in [0.15, 0.2) is 0 Å². The number of hydrogen-bond acceptors (Lipinski definition) is 5. The van der Waals surface area contributed by atoms with Gasteiger partial charge in [0.25, 0.3) is 5.91 Å². The number of nitrogens with one attached hydrogen (secondary N) is 1. The molecule has 0 fully saturated rings. The highest BCUT2D eigenvalue weighted by Gasteiger charge is 2.36. The first-order valence-corrected chi connectivity index (χ1v) is 9.16. The van der Waals surface area contributed by atoms with Crippen LogP contribution in [-0.4, -0.2) is 25.9 Å². The molecule has 0 atom stereocenters. The van der Waals surface area contributed by atoms with Crippen LogP contribution in [0.15, 0.2) is 66.7 Å². The van der Waals surface area contributed by atoms with Gasteiger partial charge in [0.2, 0.25) is 10.1 Å². The number of amides is 1. The molecule has 0 unspecified atom stereocenters. The van der Waals surface area contributed by atoms with Crippen LogP contribution in [0.5, 0.6) is 0 Å². The van der Waals surface area contributed by atoms with Crippen molar-refractivity contribution in [1.29, 1.82) is 0 Å². The fourth-order valence-corrected chi connectivity index (χ4v) is 3.21. The standard InChI is InChI=1S/C19H12F3N5OS/c20-19(21,22)17-24-25-18(29-17)23-16(28)15-11-14(12-7-3-1-4-8-12)26-27(15)13-9-5-2-6-10-13/h1-11H,(H,23,25,28). The topological polar surface area (TPSA) is 72.7 Å². The lowest BCUT2D eigenvalue weighted by molar-refractivity contribution is -0.138. The molecule has 2 aromatic carbocycles. The maximum Gasteiger partial charge on any atom is 0.445 e. The van der Waals surface area contributed by atoms with E-state index < -0.39 is 17.1 Å². The predicted octanol–water partition coefficient (Wildman–Crippen LogP) is 4.66. The summed E-state index contributed by atoms with van der Waals surface area (Å²) in [4.78, 5) is 12.8. The van der Waals surface area contributed by atoms with Crippen LogP contribution in [0.1, 0.15) is 15.5 Å². The Hall–Kier alpha value is -3.53. The van der Waals surface area contributed by atoms with Crippen molar-refractivity contribution in [3.63, 3.8) is 0 Å². The summed E-state index contributed by atoms with van der Waals surface area (Å²) in [6.45, 7) is 0. The average Bonchev–Trinajstić information content (AvgIpc) is 3.36. The molecule has 4 aromatic rings. The molecule has 0 spiro atoms. The van der Waals surface area contributed by atoms with Gasteiger partial charge in [-0.25, -0.2) is 4.68 Å². The summed E-state index contributed by atoms with van der Waals surface area (Å²) in [6, 6.07) is 19.8. The second-order valence-corrected chi connectivity index (χ2v) is 6.87. The van der Waals surface area contributed by atoms with Crippen molar-refractivity contribution < 1.29 is 18.0 Å². The summed E-state index contributed by atoms with van der Waals surface area (Å²) in [6.07, 6.45) is -4.62. The van der Waals surface area contributed by atoms with Gasteiger partial charge >= 0.3 is 6.18 Å². The molecule has 0 aliphatic heterocycles. The summed E-state index contributed by atoms with van der Waals surface area (Å²) in [5.41, 5.74) is 2.13. The molecule has 1 amide bonds. The van der Waals surface area contributed by atoms with E-state index in [4.69, 9.17) is 0 Å². The molecule has 1 N–H and O–H groups in total. The lowest BCUT2D eigenvalue weighted by Crippen LogP contribution is -2.16. The number of anilines is 1. The highest BCUT2D eigenvalue weighted by Crippen LogP contribution is 2.33. The molecule has 2 aromatic heterocycles. The van der Waals surface area contributed by atoms with Crippen LogP contribution < -0.4 is 5.32 Å². The van der Waals surface area contributed by atoms with Crippen LogP contribution in [0.4, 0.5) is 18.3 Å². The summed E-state index contributed by atoms with van der Waals surface area (Å²) >= 11 is 0.259. The van der Waals surface area contributed by atoms with Gasteiger partial charge in [-0.15, -0.1) is 10.2 Å². The monoisotopic (exact) mass is 415 g/mol. The van der Waals surface area contributed by atoms with Gasteiger partial charge in [0.1, 0.15) is 5.69 Å². The van der Waals surface area contributed by atoms with Gasteiger partial charge in [-0.05, 0) is 18.2 Å². The third kappa shape index (κ3) is 4.02. The number of carbonyl (C=O) groups is 1. The number of alkyl halides is 3. The lowest BCUT2D eigenvalue weighted by atomic mass is 10.1. The minimum absolute atomic E-state index is 0.152. The minimum Gasteiger partial charge on any atom is -0.295 e. The van der Waals surface area contributed by atoms with Gasteiger partial charge in [-0.3, -0.25) is 10.1 Å². The number of nitrogens with zero attached hydrogens (tertiary/aromatic N) is 4. The van der Waals surface area contributed by atoms with E-state index in [9.17, 15) is 18.0 Å². The fourth-order valence-electron chi connectivity index (χ4n) is 2.61. The molecule has 10 heteroatoms. The highest BCUT2D eigenvalue weighted by molar-refractivity contribution is 7.15. The molecule has 0 saturated heterocycles. The van der Waals surface area contributed by atoms with Crippen molar-refractivity contribution in [1.82, 2.24) is 20.0 Å². The normalized spacial score (nSPS) is 11.4. The van der Waals surface area contributed by atoms with E-state index in [1.54, 1.807) is 30.3 Å². The first kappa shape index (κ1) is 18.8. The van der Waals surface area contributed by atoms with Gasteiger partial charge in [0, 0.05) is 5.56 Å². The molecule has 0 aliphatic carbocycles. The maximum atomic E-state index is 12.8. The molecule has 6 nitrogen and oxygen atoms in total. The van der Waals surface area contributed by atoms with Gasteiger partial charge in [-0.2, -0.15) is 18.3 Å². The largest absolute Gasteiger partial charge is 0.445 e. The van der Waals surface area contributed by atoms with Crippen LogP contribution in [0.3, 0.4) is 0 Å². The second-order valence-electron chi connectivity index (χ2n) is 5.89. The Bertz CT molecular complexity index is 1140. The molecular weight excluding hydrogens is 403 g/mol. The first-order chi connectivity index (χ1) is 13.9. The van der Waals surface area contributed by atoms with E-state index in [0.717, 1.165) is 5.56 Å². The van der Waals surface area contributed by atoms with Crippen LogP contribution in [0, 0.1) is 0 Å². The third-order valence-electron chi connectivity index (χ3n) is 3.90. The van der Waals surface area contributed by atoms with E-state index in [-0.39, 0.29) is 22.2 Å². The molecular formula is C19H12F3N5OS. The van der Waals surface area contributed by atoms with E-state index >= 15 is 0 Å². The molecule has 4 rings (SSSR count). The summed E-state index contributed by atoms with van der Waals surface area (Å²) in [5, 5.41) is 12.0. The summed E-state index contributed by atoms with van der Waals surface area (Å²) in [7, 11) is 0. The van der Waals surface area contributed by atoms with Crippen molar-refractivity contribution >= 4 is 22.4 Å². The summed E-state index contributed by atoms with van der Waals surface area (Å²) < 4.78 is 39.6. The molecule has 0 bridgehead atoms. The number of halogens is 3. The zero-order valence-corrected chi connectivity index (χ0v) is 15.4. The summed E-state index contributed by atoms with van der Waals surface area (Å²) in [5.74, 6) is -0.645. The molecule has 0 aliphatic rings. The Morgan fingerprint density at radius 2 is 1.62 bits per heavy atom. The van der Waals surface area contributed by atoms with Crippen LogP contribution in [-0.2, 0) is 6.18 Å². The highest BCUT2D eigenvalue weighted by atomic mass is 32.1. The van der Waals surface area contributed by atoms with Crippen LogP contribution in [0.25, 0.3) is 16.9 Å². The Kier molecular flexibility index (Phi) is 4.85. The van der Waals surface area contributed by atoms with Crippen molar-refractivity contribution in [2.24, 2.45) is 0 Å². The van der Waals surface area contributed by atoms with E-state index in [2.05, 4.69) is 20.6 Å². The SMILES string of the molecule is O=C(Nc1nnc(C(F)(F)F)s1)c1cc(-c2ccccc2)nn1-c1ccccc1. The second kappa shape index (κ2) is 7.47. The smallest absolute Gasteiger partial charge is 0.295 e. The molecule has 29 heavy (non-hydrogen) atoms. The van der Waals surface area contributed by atoms with Crippen LogP contribution >= 0.6 is 11.3 Å². The predicted molar refractivity (Wildman–Crippen MR) is 102 cm³/mol. The van der Waals surface area contributed by atoms with Gasteiger partial charge in [-0.1, -0.05) is 59.9 Å². The molecule has 146 valence electrons. The van der Waals surface area contributed by atoms with Crippen molar-refractivity contribution in [3.8, 4) is 16.9 Å². The van der Waals surface area contributed by atoms with Crippen LogP contribution in [0.2, 0.25) is 0 Å². The van der Waals surface area contributed by atoms with E-state index in [0.29, 0.717) is 11.4 Å². The zero-order chi connectivity index (χ0) is 20.4. The zero-order valence-electron chi connectivity index (χ0n) is 14.6. The quantitative estimate of drug-likeness (QED) is 0.526. The number of hydrogen-bond donors (Lipinski definition) is 1. The Labute approximate surface area is 166 Å². The Balaban J connectivity index is 1.71. The van der Waals surface area contributed by atoms with E-state index in [1.165, 1.54) is 4.68 Å². The number of rotatable bonds is 4. The number of carbonyl (C=O) groups excluding carboxylic acids is 1. The van der Waals surface area contributed by atoms with Gasteiger partial charge < -0.3 is 0 Å². The third-order valence-corrected chi connectivity index (χ3v) is 4.78. The van der Waals surface area contributed by atoms with Crippen molar-refractivity contribution in [2.45, 2.75) is 6.18 Å². The number of aromatic nitrogens is 4. The Morgan fingerprint density at radius 1 is 0.966 bits per heavy atom.